The van der Waals surface area contributed by atoms with Gasteiger partial charge in [-0.25, -0.2) is 0 Å². The molecule has 0 bridgehead atoms. The molecule has 0 aromatic heterocycles. The predicted octanol–water partition coefficient (Wildman–Crippen LogP) is 4.87. The summed E-state index contributed by atoms with van der Waals surface area (Å²) >= 11 is -1.72. The third kappa shape index (κ3) is 3.82. The molecular weight excluding hydrogens is 334 g/mol. The number of nitrogens with one attached hydrogen (secondary N) is 1. The van der Waals surface area contributed by atoms with E-state index in [4.69, 9.17) is 4.18 Å². The summed E-state index contributed by atoms with van der Waals surface area (Å²) in [6, 6.07) is 3.49. The first-order valence-corrected chi connectivity index (χ1v) is 9.51. The molecule has 0 fully saturated rings. The summed E-state index contributed by atoms with van der Waals surface area (Å²) < 4.78 is 21.3. The van der Waals surface area contributed by atoms with Gasteiger partial charge in [0.2, 0.25) is 0 Å². The Bertz CT molecular complexity index is 815. The Morgan fingerprint density at radius 1 is 0.960 bits per heavy atom. The molecule has 136 valence electrons. The van der Waals surface area contributed by atoms with E-state index in [1.165, 1.54) is 5.56 Å². The third-order valence-corrected chi connectivity index (χ3v) is 5.79. The van der Waals surface area contributed by atoms with Gasteiger partial charge < -0.3 is 9.29 Å². The van der Waals surface area contributed by atoms with Crippen LogP contribution in [0.15, 0.2) is 12.1 Å². The third-order valence-electron chi connectivity index (χ3n) is 5.09. The molecule has 2 aromatic carbocycles. The second-order valence-corrected chi connectivity index (χ2v) is 7.36. The van der Waals surface area contributed by atoms with E-state index in [0.29, 0.717) is 17.9 Å². The van der Waals surface area contributed by atoms with Crippen LogP contribution in [-0.4, -0.2) is 9.32 Å². The number of anilines is 1. The Morgan fingerprint density at radius 2 is 1.48 bits per heavy atom. The van der Waals surface area contributed by atoms with E-state index < -0.39 is 11.3 Å². The maximum Gasteiger partial charge on any atom is 0.316 e. The van der Waals surface area contributed by atoms with Crippen LogP contribution < -0.4 is 8.91 Å². The lowest BCUT2D eigenvalue weighted by molar-refractivity contribution is 0.470. The molecule has 4 nitrogen and oxygen atoms in total. The van der Waals surface area contributed by atoms with Crippen molar-refractivity contribution in [2.45, 2.75) is 54.9 Å². The van der Waals surface area contributed by atoms with Crippen LogP contribution in [-0.2, 0) is 17.7 Å². The highest BCUT2D eigenvalue weighted by molar-refractivity contribution is 7.82. The fourth-order valence-electron chi connectivity index (χ4n) is 2.90. The Balaban J connectivity index is 2.32. The standard InChI is InChI=1S/C20H27NO3S/c1-8-17-10-19(22)11(2)9-18(17)21-25(23)24-20-15(6)13(4)12(3)14(5)16(20)7/h9-10,21-22H,8H2,1-7H3. The molecule has 0 aliphatic carbocycles. The topological polar surface area (TPSA) is 58.6 Å². The van der Waals surface area contributed by atoms with Crippen LogP contribution in [0, 0.1) is 41.5 Å². The molecule has 0 aliphatic heterocycles. The average Bonchev–Trinajstić information content (AvgIpc) is 2.58. The van der Waals surface area contributed by atoms with Gasteiger partial charge >= 0.3 is 11.3 Å². The fourth-order valence-corrected chi connectivity index (χ4v) is 3.72. The molecule has 0 heterocycles. The van der Waals surface area contributed by atoms with Crippen LogP contribution in [0.5, 0.6) is 11.5 Å². The van der Waals surface area contributed by atoms with Gasteiger partial charge in [-0.2, -0.15) is 4.21 Å². The highest BCUT2D eigenvalue weighted by Crippen LogP contribution is 2.33. The lowest BCUT2D eigenvalue weighted by atomic mass is 9.94. The van der Waals surface area contributed by atoms with Crippen molar-refractivity contribution in [1.29, 1.82) is 0 Å². The molecule has 0 saturated heterocycles. The van der Waals surface area contributed by atoms with E-state index in [9.17, 15) is 9.32 Å². The van der Waals surface area contributed by atoms with Crippen molar-refractivity contribution in [3.8, 4) is 11.5 Å². The van der Waals surface area contributed by atoms with E-state index in [-0.39, 0.29) is 5.75 Å². The van der Waals surface area contributed by atoms with Gasteiger partial charge in [-0.05, 0) is 99.0 Å². The minimum Gasteiger partial charge on any atom is -0.508 e. The second-order valence-electron chi connectivity index (χ2n) is 6.52. The number of phenolic OH excluding ortho intramolecular Hbond substituents is 1. The molecule has 0 radical (unpaired) electrons. The molecule has 2 rings (SSSR count). The molecule has 5 heteroatoms. The van der Waals surface area contributed by atoms with Gasteiger partial charge in [-0.15, -0.1) is 0 Å². The zero-order valence-corrected chi connectivity index (χ0v) is 16.9. The maximum absolute atomic E-state index is 12.6. The van der Waals surface area contributed by atoms with Crippen molar-refractivity contribution in [3.63, 3.8) is 0 Å². The Labute approximate surface area is 153 Å². The number of rotatable bonds is 5. The molecule has 0 spiro atoms. The van der Waals surface area contributed by atoms with Crippen molar-refractivity contribution in [1.82, 2.24) is 0 Å². The zero-order chi connectivity index (χ0) is 18.9. The molecule has 2 aromatic rings. The first kappa shape index (κ1) is 19.3. The van der Waals surface area contributed by atoms with Crippen LogP contribution in [0.4, 0.5) is 5.69 Å². The molecule has 0 aliphatic rings. The van der Waals surface area contributed by atoms with Gasteiger partial charge in [0, 0.05) is 0 Å². The van der Waals surface area contributed by atoms with Crippen molar-refractivity contribution in [3.05, 3.63) is 51.1 Å². The van der Waals surface area contributed by atoms with Crippen LogP contribution in [0.2, 0.25) is 0 Å². The lowest BCUT2D eigenvalue weighted by Gasteiger charge is -2.19. The van der Waals surface area contributed by atoms with Crippen LogP contribution >= 0.6 is 0 Å². The van der Waals surface area contributed by atoms with Crippen molar-refractivity contribution >= 4 is 17.0 Å². The largest absolute Gasteiger partial charge is 0.508 e. The van der Waals surface area contributed by atoms with Crippen molar-refractivity contribution in [2.75, 3.05) is 4.72 Å². The summed E-state index contributed by atoms with van der Waals surface area (Å²) in [5.74, 6) is 0.908. The summed E-state index contributed by atoms with van der Waals surface area (Å²) in [4.78, 5) is 0. The quantitative estimate of drug-likeness (QED) is 0.747. The van der Waals surface area contributed by atoms with Gasteiger partial charge in [-0.3, -0.25) is 4.72 Å². The zero-order valence-electron chi connectivity index (χ0n) is 16.0. The summed E-state index contributed by atoms with van der Waals surface area (Å²) in [5.41, 5.74) is 7.91. The van der Waals surface area contributed by atoms with Crippen LogP contribution in [0.3, 0.4) is 0 Å². The van der Waals surface area contributed by atoms with Gasteiger partial charge in [0.1, 0.15) is 11.5 Å². The van der Waals surface area contributed by atoms with Gasteiger partial charge in [-0.1, -0.05) is 6.92 Å². The highest BCUT2D eigenvalue weighted by atomic mass is 32.2. The molecule has 1 atom stereocenters. The normalized spacial score (nSPS) is 12.1. The molecular formula is C20H27NO3S. The number of aryl methyl sites for hydroxylation is 2. The molecule has 0 saturated carbocycles. The number of hydrogen-bond acceptors (Lipinski definition) is 3. The number of hydrogen-bond donors (Lipinski definition) is 2. The van der Waals surface area contributed by atoms with Crippen molar-refractivity contribution < 1.29 is 13.5 Å². The van der Waals surface area contributed by atoms with Crippen LogP contribution in [0.1, 0.15) is 45.9 Å². The first-order valence-electron chi connectivity index (χ1n) is 8.43. The Kier molecular flexibility index (Phi) is 5.78. The van der Waals surface area contributed by atoms with E-state index in [0.717, 1.165) is 33.4 Å². The number of aromatic hydroxyl groups is 1. The monoisotopic (exact) mass is 361 g/mol. The minimum atomic E-state index is -1.72. The van der Waals surface area contributed by atoms with E-state index in [1.807, 2.05) is 27.7 Å². The van der Waals surface area contributed by atoms with Gasteiger partial charge in [0.15, 0.2) is 0 Å². The predicted molar refractivity (Wildman–Crippen MR) is 105 cm³/mol. The summed E-state index contributed by atoms with van der Waals surface area (Å²) in [6.45, 7) is 14.0. The lowest BCUT2D eigenvalue weighted by Crippen LogP contribution is -2.14. The molecule has 25 heavy (non-hydrogen) atoms. The maximum atomic E-state index is 12.6. The van der Waals surface area contributed by atoms with E-state index in [1.54, 1.807) is 12.1 Å². The Morgan fingerprint density at radius 3 is 2.00 bits per heavy atom. The summed E-state index contributed by atoms with van der Waals surface area (Å²) in [5, 5.41) is 9.85. The number of phenols is 1. The first-order chi connectivity index (χ1) is 11.7. The van der Waals surface area contributed by atoms with Gasteiger partial charge in [0.05, 0.1) is 5.69 Å². The fraction of sp³-hybridized carbons (Fsp3) is 0.400. The van der Waals surface area contributed by atoms with Crippen molar-refractivity contribution in [2.24, 2.45) is 0 Å². The highest BCUT2D eigenvalue weighted by Gasteiger charge is 2.17. The van der Waals surface area contributed by atoms with Crippen LogP contribution in [0.25, 0.3) is 0 Å². The molecule has 2 N–H and O–H groups in total. The summed E-state index contributed by atoms with van der Waals surface area (Å²) in [6.07, 6.45) is 0.716. The summed E-state index contributed by atoms with van der Waals surface area (Å²) in [7, 11) is 0. The van der Waals surface area contributed by atoms with E-state index >= 15 is 0 Å². The SMILES string of the molecule is CCc1cc(O)c(C)cc1NS(=O)Oc1c(C)c(C)c(C)c(C)c1C. The second kappa shape index (κ2) is 7.48. The Hall–Kier alpha value is -2.01. The molecule has 1 unspecified atom stereocenters. The molecule has 0 amide bonds. The average molecular weight is 362 g/mol. The number of benzene rings is 2. The smallest absolute Gasteiger partial charge is 0.316 e. The van der Waals surface area contributed by atoms with E-state index in [2.05, 4.69) is 25.5 Å². The van der Waals surface area contributed by atoms with Gasteiger partial charge in [0.25, 0.3) is 0 Å². The minimum absolute atomic E-state index is 0.241.